The summed E-state index contributed by atoms with van der Waals surface area (Å²) in [5.74, 6) is 0.330. The number of β-lactam (4-membered cyclic amide) rings is 2. The molecule has 5 heteroatoms. The van der Waals surface area contributed by atoms with Gasteiger partial charge >= 0.3 is 0 Å². The standard InChI is InChI=1S/C29H29N3O2/c33-26-28(21-30(26)18-23-10-4-1-5-11-23)16-17-29(32(28)20-25-14-8-3-9-15-25)22-31(27(29)34)19-24-12-6-2-7-13-24/h1-15H,16-22H2. The molecule has 0 radical (unpaired) electrons. The van der Waals surface area contributed by atoms with Crippen LogP contribution < -0.4 is 0 Å². The van der Waals surface area contributed by atoms with Crippen LogP contribution in [0.25, 0.3) is 0 Å². The Morgan fingerprint density at radius 1 is 0.529 bits per heavy atom. The van der Waals surface area contributed by atoms with Gasteiger partial charge in [0.15, 0.2) is 0 Å². The van der Waals surface area contributed by atoms with Crippen molar-refractivity contribution < 1.29 is 9.59 Å². The summed E-state index contributed by atoms with van der Waals surface area (Å²) in [5, 5.41) is 0. The molecule has 6 rings (SSSR count). The number of benzene rings is 3. The second kappa shape index (κ2) is 8.10. The van der Waals surface area contributed by atoms with Gasteiger partial charge in [0, 0.05) is 32.7 Å². The van der Waals surface area contributed by atoms with Crippen LogP contribution in [0, 0.1) is 0 Å². The smallest absolute Gasteiger partial charge is 0.245 e. The van der Waals surface area contributed by atoms with Crippen molar-refractivity contribution in [2.45, 2.75) is 43.6 Å². The summed E-state index contributed by atoms with van der Waals surface area (Å²) in [5.41, 5.74) is 2.29. The fourth-order valence-electron chi connectivity index (χ4n) is 6.11. The van der Waals surface area contributed by atoms with Crippen molar-refractivity contribution in [1.82, 2.24) is 14.7 Å². The van der Waals surface area contributed by atoms with E-state index in [1.165, 1.54) is 0 Å². The maximum Gasteiger partial charge on any atom is 0.245 e. The third-order valence-corrected chi connectivity index (χ3v) is 7.88. The van der Waals surface area contributed by atoms with E-state index in [0.717, 1.165) is 29.5 Å². The number of rotatable bonds is 6. The first-order valence-electron chi connectivity index (χ1n) is 12.1. The summed E-state index contributed by atoms with van der Waals surface area (Å²) in [6.45, 7) is 3.24. The fraction of sp³-hybridized carbons (Fsp3) is 0.310. The number of carbonyl (C=O) groups is 2. The van der Waals surface area contributed by atoms with Gasteiger partial charge in [0.2, 0.25) is 11.8 Å². The lowest BCUT2D eigenvalue weighted by Crippen LogP contribution is -2.79. The fourth-order valence-corrected chi connectivity index (χ4v) is 6.11. The van der Waals surface area contributed by atoms with E-state index >= 15 is 0 Å². The van der Waals surface area contributed by atoms with Gasteiger partial charge in [0.1, 0.15) is 11.1 Å². The molecule has 3 heterocycles. The molecule has 0 aliphatic carbocycles. The quantitative estimate of drug-likeness (QED) is 0.535. The van der Waals surface area contributed by atoms with E-state index < -0.39 is 11.1 Å². The lowest BCUT2D eigenvalue weighted by atomic mass is 9.84. The van der Waals surface area contributed by atoms with E-state index in [1.807, 2.05) is 64.4 Å². The van der Waals surface area contributed by atoms with E-state index in [9.17, 15) is 9.59 Å². The Labute approximate surface area is 200 Å². The molecule has 0 saturated carbocycles. The van der Waals surface area contributed by atoms with Gasteiger partial charge in [-0.25, -0.2) is 0 Å². The molecule has 3 aliphatic rings. The molecule has 3 saturated heterocycles. The summed E-state index contributed by atoms with van der Waals surface area (Å²) < 4.78 is 0. The summed E-state index contributed by atoms with van der Waals surface area (Å²) in [4.78, 5) is 33.5. The van der Waals surface area contributed by atoms with Gasteiger partial charge < -0.3 is 9.80 Å². The number of hydrogen-bond donors (Lipinski definition) is 0. The van der Waals surface area contributed by atoms with Crippen LogP contribution in [0.4, 0.5) is 0 Å². The van der Waals surface area contributed by atoms with Crippen LogP contribution >= 0.6 is 0 Å². The van der Waals surface area contributed by atoms with Crippen LogP contribution in [0.1, 0.15) is 29.5 Å². The van der Waals surface area contributed by atoms with Gasteiger partial charge in [0.25, 0.3) is 0 Å². The highest BCUT2D eigenvalue weighted by Crippen LogP contribution is 2.52. The van der Waals surface area contributed by atoms with Gasteiger partial charge in [-0.05, 0) is 29.5 Å². The highest BCUT2D eigenvalue weighted by atomic mass is 16.2. The molecule has 0 aromatic heterocycles. The molecule has 34 heavy (non-hydrogen) atoms. The highest BCUT2D eigenvalue weighted by Gasteiger charge is 2.71. The normalized spacial score (nSPS) is 26.2. The zero-order valence-electron chi connectivity index (χ0n) is 19.3. The minimum Gasteiger partial charge on any atom is -0.334 e. The summed E-state index contributed by atoms with van der Waals surface area (Å²) >= 11 is 0. The van der Waals surface area contributed by atoms with E-state index in [-0.39, 0.29) is 11.8 Å². The molecule has 2 atom stereocenters. The van der Waals surface area contributed by atoms with Gasteiger partial charge in [-0.15, -0.1) is 0 Å². The van der Waals surface area contributed by atoms with Gasteiger partial charge in [-0.1, -0.05) is 91.0 Å². The summed E-state index contributed by atoms with van der Waals surface area (Å²) in [6, 6.07) is 30.5. The first-order valence-corrected chi connectivity index (χ1v) is 12.1. The molecule has 2 amide bonds. The molecule has 3 fully saturated rings. The summed E-state index contributed by atoms with van der Waals surface area (Å²) in [7, 11) is 0. The van der Waals surface area contributed by atoms with E-state index in [4.69, 9.17) is 0 Å². The van der Waals surface area contributed by atoms with Crippen LogP contribution in [0.15, 0.2) is 91.0 Å². The Bertz CT molecular complexity index is 1120. The number of carbonyl (C=O) groups excluding carboxylic acids is 2. The summed E-state index contributed by atoms with van der Waals surface area (Å²) in [6.07, 6.45) is 1.49. The molecular formula is C29H29N3O2. The Morgan fingerprint density at radius 2 is 0.882 bits per heavy atom. The Kier molecular flexibility index (Phi) is 5.03. The average molecular weight is 452 g/mol. The zero-order valence-corrected chi connectivity index (χ0v) is 19.3. The molecule has 2 spiro atoms. The van der Waals surface area contributed by atoms with Crippen molar-refractivity contribution in [2.24, 2.45) is 0 Å². The largest absolute Gasteiger partial charge is 0.334 e. The van der Waals surface area contributed by atoms with Crippen molar-refractivity contribution in [3.8, 4) is 0 Å². The van der Waals surface area contributed by atoms with Gasteiger partial charge in [0.05, 0.1) is 0 Å². The molecule has 3 aromatic carbocycles. The average Bonchev–Trinajstić information content (AvgIpc) is 3.23. The maximum absolute atomic E-state index is 13.7. The topological polar surface area (TPSA) is 43.9 Å². The van der Waals surface area contributed by atoms with Crippen LogP contribution in [0.5, 0.6) is 0 Å². The molecule has 5 nitrogen and oxygen atoms in total. The van der Waals surface area contributed by atoms with E-state index in [2.05, 4.69) is 41.3 Å². The molecule has 3 aliphatic heterocycles. The monoisotopic (exact) mass is 451 g/mol. The van der Waals surface area contributed by atoms with Crippen molar-refractivity contribution in [1.29, 1.82) is 0 Å². The van der Waals surface area contributed by atoms with Gasteiger partial charge in [-0.2, -0.15) is 0 Å². The van der Waals surface area contributed by atoms with E-state index in [0.29, 0.717) is 32.7 Å². The van der Waals surface area contributed by atoms with Crippen LogP contribution in [-0.2, 0) is 29.2 Å². The SMILES string of the molecule is O=C1N(Cc2ccccc2)CC12CCC1(CN(Cc3ccccc3)C1=O)N2Cc1ccccc1. The van der Waals surface area contributed by atoms with Crippen LogP contribution in [0.3, 0.4) is 0 Å². The van der Waals surface area contributed by atoms with Crippen molar-refractivity contribution in [3.05, 3.63) is 108 Å². The Hall–Kier alpha value is -3.44. The molecule has 172 valence electrons. The van der Waals surface area contributed by atoms with Crippen LogP contribution in [0.2, 0.25) is 0 Å². The second-order valence-corrected chi connectivity index (χ2v) is 9.93. The van der Waals surface area contributed by atoms with Gasteiger partial charge in [-0.3, -0.25) is 14.5 Å². The first-order chi connectivity index (χ1) is 16.6. The Morgan fingerprint density at radius 3 is 1.24 bits per heavy atom. The first kappa shape index (κ1) is 21.1. The van der Waals surface area contributed by atoms with Crippen molar-refractivity contribution >= 4 is 11.8 Å². The van der Waals surface area contributed by atoms with Crippen molar-refractivity contribution in [3.63, 3.8) is 0 Å². The van der Waals surface area contributed by atoms with Crippen LogP contribution in [-0.4, -0.2) is 50.7 Å². The minimum atomic E-state index is -0.570. The lowest BCUT2D eigenvalue weighted by molar-refractivity contribution is -0.183. The minimum absolute atomic E-state index is 0.165. The maximum atomic E-state index is 13.7. The molecule has 0 N–H and O–H groups in total. The number of amides is 2. The molecule has 0 bridgehead atoms. The second-order valence-electron chi connectivity index (χ2n) is 9.93. The highest BCUT2D eigenvalue weighted by molar-refractivity contribution is 5.99. The third-order valence-electron chi connectivity index (χ3n) is 7.88. The van der Waals surface area contributed by atoms with E-state index in [1.54, 1.807) is 0 Å². The zero-order chi connectivity index (χ0) is 23.2. The molecule has 2 unspecified atom stereocenters. The lowest BCUT2D eigenvalue weighted by Gasteiger charge is -2.58. The third kappa shape index (κ3) is 3.26. The number of hydrogen-bond acceptors (Lipinski definition) is 3. The molecular weight excluding hydrogens is 422 g/mol. The predicted molar refractivity (Wildman–Crippen MR) is 130 cm³/mol. The Balaban J connectivity index is 1.25. The molecule has 3 aromatic rings. The number of likely N-dealkylation sites (tertiary alicyclic amines) is 3. The van der Waals surface area contributed by atoms with Crippen molar-refractivity contribution in [2.75, 3.05) is 13.1 Å². The predicted octanol–water partition coefficient (Wildman–Crippen LogP) is 3.84. The number of nitrogens with zero attached hydrogens (tertiary/aromatic N) is 3.